The smallest absolute Gasteiger partial charge is 0.251 e. The number of carbonyl (C=O) groups excluding carboxylic acids is 1. The van der Waals surface area contributed by atoms with Gasteiger partial charge in [0.1, 0.15) is 11.9 Å². The molecular formula is C21H33FN2O2. The maximum Gasteiger partial charge on any atom is 0.251 e. The second-order valence-corrected chi connectivity index (χ2v) is 8.62. The molecule has 1 N–H and O–H groups in total. The lowest BCUT2D eigenvalue weighted by Crippen LogP contribution is -2.46. The van der Waals surface area contributed by atoms with E-state index in [1.54, 1.807) is 13.2 Å². The Balaban J connectivity index is 1.83. The monoisotopic (exact) mass is 364 g/mol. The van der Waals surface area contributed by atoms with Crippen molar-refractivity contribution in [3.8, 4) is 5.75 Å². The third-order valence-electron chi connectivity index (χ3n) is 5.01. The van der Waals surface area contributed by atoms with E-state index in [1.807, 2.05) is 19.1 Å². The average molecular weight is 365 g/mol. The molecule has 0 radical (unpaired) electrons. The molecule has 1 aliphatic rings. The number of halogens is 1. The van der Waals surface area contributed by atoms with Crippen molar-refractivity contribution in [2.75, 3.05) is 33.3 Å². The number of hydrogen-bond acceptors (Lipinski definition) is 3. The molecule has 146 valence electrons. The first-order valence-corrected chi connectivity index (χ1v) is 9.48. The molecule has 1 amide bonds. The van der Waals surface area contributed by atoms with Crippen LogP contribution in [0.2, 0.25) is 0 Å². The van der Waals surface area contributed by atoms with Crippen molar-refractivity contribution in [1.29, 1.82) is 0 Å². The van der Waals surface area contributed by atoms with Crippen molar-refractivity contribution in [2.45, 2.75) is 46.7 Å². The van der Waals surface area contributed by atoms with Crippen LogP contribution in [0.1, 0.15) is 49.5 Å². The lowest BCUT2D eigenvalue weighted by atomic mass is 9.90. The number of carbonyl (C=O) groups is 1. The maximum atomic E-state index is 14.5. The zero-order valence-corrected chi connectivity index (χ0v) is 16.8. The summed E-state index contributed by atoms with van der Waals surface area (Å²) in [5.74, 6) is 0.372. The second kappa shape index (κ2) is 8.85. The van der Waals surface area contributed by atoms with Gasteiger partial charge in [0.15, 0.2) is 0 Å². The zero-order valence-electron chi connectivity index (χ0n) is 16.8. The molecule has 1 saturated heterocycles. The van der Waals surface area contributed by atoms with Gasteiger partial charge >= 0.3 is 0 Å². The predicted octanol–water partition coefficient (Wildman–Crippen LogP) is 3.83. The van der Waals surface area contributed by atoms with Gasteiger partial charge in [-0.25, -0.2) is 4.39 Å². The van der Waals surface area contributed by atoms with E-state index in [-0.39, 0.29) is 17.2 Å². The SMILES string of the molecule is COc1cc(C)cc(C(=O)NCC2CCN(CCC(C)(C)C)CC2F)c1. The highest BCUT2D eigenvalue weighted by Gasteiger charge is 2.29. The van der Waals surface area contributed by atoms with Crippen LogP contribution in [-0.2, 0) is 0 Å². The molecule has 0 aromatic heterocycles. The number of piperidine rings is 1. The van der Waals surface area contributed by atoms with Crippen LogP contribution in [0, 0.1) is 18.3 Å². The third-order valence-corrected chi connectivity index (χ3v) is 5.01. The molecule has 1 aromatic rings. The molecule has 0 saturated carbocycles. The number of amides is 1. The molecule has 26 heavy (non-hydrogen) atoms. The van der Waals surface area contributed by atoms with E-state index < -0.39 is 6.17 Å². The Morgan fingerprint density at radius 2 is 2.08 bits per heavy atom. The molecule has 1 aliphatic heterocycles. The summed E-state index contributed by atoms with van der Waals surface area (Å²) >= 11 is 0. The van der Waals surface area contributed by atoms with Crippen LogP contribution in [-0.4, -0.2) is 50.3 Å². The van der Waals surface area contributed by atoms with Crippen LogP contribution in [0.25, 0.3) is 0 Å². The Kier molecular flexibility index (Phi) is 7.04. The number of likely N-dealkylation sites (tertiary alicyclic amines) is 1. The third kappa shape index (κ3) is 6.27. The van der Waals surface area contributed by atoms with E-state index in [4.69, 9.17) is 4.74 Å². The molecule has 2 rings (SSSR count). The maximum absolute atomic E-state index is 14.5. The second-order valence-electron chi connectivity index (χ2n) is 8.62. The van der Waals surface area contributed by atoms with Crippen LogP contribution in [0.4, 0.5) is 4.39 Å². The summed E-state index contributed by atoms with van der Waals surface area (Å²) in [7, 11) is 1.58. The lowest BCUT2D eigenvalue weighted by Gasteiger charge is -2.36. The van der Waals surface area contributed by atoms with Gasteiger partial charge in [-0.1, -0.05) is 20.8 Å². The van der Waals surface area contributed by atoms with Crippen LogP contribution < -0.4 is 10.1 Å². The van der Waals surface area contributed by atoms with Crippen molar-refractivity contribution in [2.24, 2.45) is 11.3 Å². The number of methoxy groups -OCH3 is 1. The highest BCUT2D eigenvalue weighted by molar-refractivity contribution is 5.94. The fourth-order valence-electron chi connectivity index (χ4n) is 3.27. The molecule has 0 spiro atoms. The Labute approximate surface area is 157 Å². The normalized spacial score (nSPS) is 21.5. The first-order chi connectivity index (χ1) is 12.2. The quantitative estimate of drug-likeness (QED) is 0.834. The predicted molar refractivity (Wildman–Crippen MR) is 104 cm³/mol. The summed E-state index contributed by atoms with van der Waals surface area (Å²) in [6, 6.07) is 5.41. The van der Waals surface area contributed by atoms with Crippen molar-refractivity contribution in [3.05, 3.63) is 29.3 Å². The molecule has 5 heteroatoms. The van der Waals surface area contributed by atoms with Crippen molar-refractivity contribution in [3.63, 3.8) is 0 Å². The fraction of sp³-hybridized carbons (Fsp3) is 0.667. The van der Waals surface area contributed by atoms with Crippen LogP contribution in [0.5, 0.6) is 5.75 Å². The number of aryl methyl sites for hydroxylation is 1. The van der Waals surface area contributed by atoms with E-state index in [2.05, 4.69) is 31.0 Å². The molecule has 0 aliphatic carbocycles. The number of nitrogens with zero attached hydrogens (tertiary/aromatic N) is 1. The molecule has 4 nitrogen and oxygen atoms in total. The van der Waals surface area contributed by atoms with Crippen LogP contribution in [0.3, 0.4) is 0 Å². The number of rotatable bonds is 6. The molecule has 2 atom stereocenters. The Morgan fingerprint density at radius 1 is 1.35 bits per heavy atom. The average Bonchev–Trinajstić information content (AvgIpc) is 2.57. The number of nitrogens with one attached hydrogen (secondary N) is 1. The van der Waals surface area contributed by atoms with Crippen LogP contribution >= 0.6 is 0 Å². The van der Waals surface area contributed by atoms with Gasteiger partial charge in [-0.05, 0) is 62.0 Å². The minimum atomic E-state index is -0.893. The molecule has 0 bridgehead atoms. The summed E-state index contributed by atoms with van der Waals surface area (Å²) in [5.41, 5.74) is 1.79. The summed E-state index contributed by atoms with van der Waals surface area (Å²) in [6.45, 7) is 11.2. The summed E-state index contributed by atoms with van der Waals surface area (Å²) in [4.78, 5) is 14.6. The van der Waals surface area contributed by atoms with Gasteiger partial charge in [-0.2, -0.15) is 0 Å². The fourth-order valence-corrected chi connectivity index (χ4v) is 3.27. The number of alkyl halides is 1. The first kappa shape index (κ1) is 20.7. The standard InChI is InChI=1S/C21H33FN2O2/c1-15-10-17(12-18(11-15)26-5)20(25)23-13-16-6-8-24(14-19(16)22)9-7-21(2,3)4/h10-12,16,19H,6-9,13-14H2,1-5H3,(H,23,25). The van der Waals surface area contributed by atoms with Gasteiger partial charge in [0.05, 0.1) is 7.11 Å². The van der Waals surface area contributed by atoms with Gasteiger partial charge in [-0.3, -0.25) is 4.79 Å². The van der Waals surface area contributed by atoms with E-state index >= 15 is 0 Å². The van der Waals surface area contributed by atoms with E-state index in [0.29, 0.717) is 24.4 Å². The largest absolute Gasteiger partial charge is 0.497 e. The number of hydrogen-bond donors (Lipinski definition) is 1. The van der Waals surface area contributed by atoms with Crippen molar-refractivity contribution in [1.82, 2.24) is 10.2 Å². The van der Waals surface area contributed by atoms with E-state index in [9.17, 15) is 9.18 Å². The molecule has 1 fully saturated rings. The lowest BCUT2D eigenvalue weighted by molar-refractivity contribution is 0.0724. The van der Waals surface area contributed by atoms with E-state index in [1.165, 1.54) is 0 Å². The Bertz CT molecular complexity index is 613. The Morgan fingerprint density at radius 3 is 2.69 bits per heavy atom. The van der Waals surface area contributed by atoms with Gasteiger partial charge < -0.3 is 15.0 Å². The highest BCUT2D eigenvalue weighted by atomic mass is 19.1. The summed E-state index contributed by atoms with van der Waals surface area (Å²) in [6.07, 6.45) is 0.954. The topological polar surface area (TPSA) is 41.6 Å². The van der Waals surface area contributed by atoms with Crippen molar-refractivity contribution >= 4 is 5.91 Å². The Hall–Kier alpha value is -1.62. The summed E-state index contributed by atoms with van der Waals surface area (Å²) < 4.78 is 19.8. The summed E-state index contributed by atoms with van der Waals surface area (Å²) in [5, 5.41) is 2.90. The van der Waals surface area contributed by atoms with Crippen LogP contribution in [0.15, 0.2) is 18.2 Å². The van der Waals surface area contributed by atoms with E-state index in [0.717, 1.165) is 31.5 Å². The highest BCUT2D eigenvalue weighted by Crippen LogP contribution is 2.24. The minimum absolute atomic E-state index is 0.114. The number of benzene rings is 1. The zero-order chi connectivity index (χ0) is 19.3. The van der Waals surface area contributed by atoms with Gasteiger partial charge in [0, 0.05) is 24.6 Å². The first-order valence-electron chi connectivity index (χ1n) is 9.48. The van der Waals surface area contributed by atoms with Gasteiger partial charge in [0.25, 0.3) is 5.91 Å². The number of ether oxygens (including phenoxy) is 1. The van der Waals surface area contributed by atoms with Gasteiger partial charge in [-0.15, -0.1) is 0 Å². The minimum Gasteiger partial charge on any atom is -0.497 e. The van der Waals surface area contributed by atoms with Gasteiger partial charge in [0.2, 0.25) is 0 Å². The molecule has 1 aromatic carbocycles. The molecular weight excluding hydrogens is 331 g/mol. The molecule has 1 heterocycles. The van der Waals surface area contributed by atoms with Crippen molar-refractivity contribution < 1.29 is 13.9 Å². The molecule has 2 unspecified atom stereocenters.